The highest BCUT2D eigenvalue weighted by molar-refractivity contribution is 5.90. The van der Waals surface area contributed by atoms with Gasteiger partial charge in [0.1, 0.15) is 24.3 Å². The van der Waals surface area contributed by atoms with E-state index in [2.05, 4.69) is 43.4 Å². The maximum absolute atomic E-state index is 13.4. The molecule has 2 aromatic carbocycles. The van der Waals surface area contributed by atoms with Gasteiger partial charge in [-0.1, -0.05) is 36.4 Å². The first kappa shape index (κ1) is 23.7. The summed E-state index contributed by atoms with van der Waals surface area (Å²) in [6.45, 7) is 3.45. The topological polar surface area (TPSA) is 65.0 Å². The van der Waals surface area contributed by atoms with E-state index in [-0.39, 0.29) is 23.7 Å². The Hall–Kier alpha value is -2.41. The lowest BCUT2D eigenvalue weighted by Crippen LogP contribution is -2.82. The number of ketones is 1. The van der Waals surface area contributed by atoms with Gasteiger partial charge in [0.25, 0.3) is 0 Å². The standard InChI is InChI=1S/C31H37NO5/c1-32(20-23-10-6-17-35-23)16-15-30-27-22-11-12-24(33)28(27)37-29(30)25(34)13-14-31(30,26(32)19-22)36-18-5-9-21-7-3-2-4-8-21/h2-4,7-8,11-12,23,26,29H,5-6,9-10,13-20H2,1H3/p+1/t23?,26?,29?,30-,31+,32+/m0/s1. The van der Waals surface area contributed by atoms with Crippen LogP contribution in [0, 0.1) is 0 Å². The fourth-order valence-corrected chi connectivity index (χ4v) is 8.74. The third-order valence-electron chi connectivity index (χ3n) is 10.3. The molecule has 2 saturated heterocycles. The number of likely N-dealkylation sites (N-methyl/N-ethyl adjacent to an activating group) is 1. The summed E-state index contributed by atoms with van der Waals surface area (Å²) in [4.78, 5) is 13.4. The lowest BCUT2D eigenvalue weighted by Gasteiger charge is -2.66. The number of piperidine rings is 1. The molecule has 2 aliphatic carbocycles. The number of aryl methyl sites for hydroxylation is 1. The maximum atomic E-state index is 13.4. The molecule has 3 aliphatic heterocycles. The van der Waals surface area contributed by atoms with Gasteiger partial charge in [-0.05, 0) is 49.3 Å². The number of quaternary nitrogens is 1. The number of phenols is 1. The van der Waals surface area contributed by atoms with E-state index in [0.717, 1.165) is 74.7 Å². The number of benzene rings is 2. The Morgan fingerprint density at radius 3 is 2.84 bits per heavy atom. The van der Waals surface area contributed by atoms with Crippen molar-refractivity contribution in [3.8, 4) is 11.5 Å². The van der Waals surface area contributed by atoms with E-state index in [0.29, 0.717) is 18.8 Å². The Bertz CT molecular complexity index is 1210. The number of likely N-dealkylation sites (tertiary alicyclic amines) is 1. The van der Waals surface area contributed by atoms with Gasteiger partial charge in [0.2, 0.25) is 0 Å². The van der Waals surface area contributed by atoms with Crippen LogP contribution in [0.4, 0.5) is 0 Å². The molecule has 0 radical (unpaired) electrons. The normalized spacial score (nSPS) is 37.3. The van der Waals surface area contributed by atoms with Crippen molar-refractivity contribution >= 4 is 5.78 Å². The lowest BCUT2D eigenvalue weighted by molar-refractivity contribution is -0.951. The zero-order chi connectivity index (χ0) is 25.3. The van der Waals surface area contributed by atoms with E-state index in [1.807, 2.05) is 0 Å². The summed E-state index contributed by atoms with van der Waals surface area (Å²) >= 11 is 0. The van der Waals surface area contributed by atoms with Crippen LogP contribution in [0.2, 0.25) is 0 Å². The molecule has 1 spiro atoms. The summed E-state index contributed by atoms with van der Waals surface area (Å²) in [5.74, 6) is 0.832. The van der Waals surface area contributed by atoms with Crippen molar-refractivity contribution in [3.63, 3.8) is 0 Å². The molecule has 6 nitrogen and oxygen atoms in total. The van der Waals surface area contributed by atoms with E-state index >= 15 is 0 Å². The van der Waals surface area contributed by atoms with Crippen LogP contribution in [-0.4, -0.2) is 72.6 Å². The average Bonchev–Trinajstić information content (AvgIpc) is 3.54. The van der Waals surface area contributed by atoms with E-state index in [4.69, 9.17) is 14.2 Å². The molecule has 6 heteroatoms. The minimum atomic E-state index is -0.572. The van der Waals surface area contributed by atoms with E-state index in [1.165, 1.54) is 11.1 Å². The minimum Gasteiger partial charge on any atom is -0.504 e. The molecule has 7 rings (SSSR count). The fraction of sp³-hybridized carbons (Fsp3) is 0.581. The molecule has 1 N–H and O–H groups in total. The van der Waals surface area contributed by atoms with Crippen molar-refractivity contribution in [2.45, 2.75) is 80.6 Å². The predicted molar refractivity (Wildman–Crippen MR) is 139 cm³/mol. The highest BCUT2D eigenvalue weighted by Crippen LogP contribution is 2.67. The smallest absolute Gasteiger partial charge is 0.174 e. The molecule has 5 aliphatic rings. The number of aromatic hydroxyl groups is 1. The number of nitrogens with zero attached hydrogens (tertiary/aromatic N) is 1. The molecule has 37 heavy (non-hydrogen) atoms. The van der Waals surface area contributed by atoms with Gasteiger partial charge in [0.15, 0.2) is 23.4 Å². The number of Topliss-reactive ketones (excluding diaryl/α,β-unsaturated/α-hetero) is 1. The molecular weight excluding hydrogens is 466 g/mol. The molecule has 2 aromatic rings. The van der Waals surface area contributed by atoms with Crippen LogP contribution in [0.15, 0.2) is 42.5 Å². The van der Waals surface area contributed by atoms with Crippen LogP contribution < -0.4 is 4.74 Å². The van der Waals surface area contributed by atoms with Crippen LogP contribution in [-0.2, 0) is 32.5 Å². The number of hydrogen-bond acceptors (Lipinski definition) is 5. The number of phenolic OH excluding ortho intramolecular Hbond substituents is 1. The van der Waals surface area contributed by atoms with Crippen molar-refractivity contribution in [2.75, 3.05) is 33.4 Å². The second kappa shape index (κ2) is 8.55. The molecule has 3 fully saturated rings. The molecule has 0 amide bonds. The zero-order valence-electron chi connectivity index (χ0n) is 21.8. The number of carbonyl (C=O) groups is 1. The zero-order valence-corrected chi connectivity index (χ0v) is 21.8. The lowest BCUT2D eigenvalue weighted by atomic mass is 9.48. The second-order valence-corrected chi connectivity index (χ2v) is 12.2. The molecule has 196 valence electrons. The Balaban J connectivity index is 1.30. The Morgan fingerprint density at radius 1 is 1.16 bits per heavy atom. The van der Waals surface area contributed by atoms with Gasteiger partial charge in [-0.2, -0.15) is 0 Å². The molecular formula is C31H38NO5+. The molecule has 6 atom stereocenters. The van der Waals surface area contributed by atoms with Gasteiger partial charge >= 0.3 is 0 Å². The van der Waals surface area contributed by atoms with Crippen LogP contribution in [0.3, 0.4) is 0 Å². The number of rotatable bonds is 7. The molecule has 3 heterocycles. The first-order valence-corrected chi connectivity index (χ1v) is 14.2. The van der Waals surface area contributed by atoms with E-state index in [9.17, 15) is 9.90 Å². The molecule has 1 saturated carbocycles. The fourth-order valence-electron chi connectivity index (χ4n) is 8.74. The Labute approximate surface area is 219 Å². The van der Waals surface area contributed by atoms with Crippen LogP contribution in [0.5, 0.6) is 11.5 Å². The summed E-state index contributed by atoms with van der Waals surface area (Å²) in [5.41, 5.74) is 2.57. The summed E-state index contributed by atoms with van der Waals surface area (Å²) in [6.07, 6.45) is 6.75. The highest BCUT2D eigenvalue weighted by Gasteiger charge is 2.77. The first-order chi connectivity index (χ1) is 18.0. The highest BCUT2D eigenvalue weighted by atomic mass is 16.5. The summed E-state index contributed by atoms with van der Waals surface area (Å²) in [7, 11) is 2.39. The van der Waals surface area contributed by atoms with Crippen molar-refractivity contribution < 1.29 is 28.6 Å². The largest absolute Gasteiger partial charge is 0.504 e. The van der Waals surface area contributed by atoms with Gasteiger partial charge in [-0.3, -0.25) is 4.79 Å². The SMILES string of the molecule is C[N@+]1(CC2CCCO2)CC[C@]23c4c5ccc(O)c4OC2C(=O)CC[C@@]3(OCCCc2ccccc2)C1C5. The summed E-state index contributed by atoms with van der Waals surface area (Å²) < 4.78 is 20.6. The van der Waals surface area contributed by atoms with Crippen molar-refractivity contribution in [3.05, 3.63) is 59.2 Å². The van der Waals surface area contributed by atoms with Crippen LogP contribution in [0.1, 0.15) is 55.2 Å². The number of hydrogen-bond donors (Lipinski definition) is 1. The molecule has 2 bridgehead atoms. The average molecular weight is 505 g/mol. The first-order valence-electron chi connectivity index (χ1n) is 14.2. The Kier molecular flexibility index (Phi) is 5.47. The monoisotopic (exact) mass is 504 g/mol. The van der Waals surface area contributed by atoms with Crippen LogP contribution in [0.25, 0.3) is 0 Å². The van der Waals surface area contributed by atoms with Crippen molar-refractivity contribution in [1.82, 2.24) is 0 Å². The summed E-state index contributed by atoms with van der Waals surface area (Å²) in [6, 6.07) is 14.6. The third kappa shape index (κ3) is 3.31. The van der Waals surface area contributed by atoms with Crippen molar-refractivity contribution in [2.24, 2.45) is 0 Å². The quantitative estimate of drug-likeness (QED) is 0.455. The van der Waals surface area contributed by atoms with Crippen molar-refractivity contribution in [1.29, 1.82) is 0 Å². The number of carbonyl (C=O) groups excluding carboxylic acids is 1. The van der Waals surface area contributed by atoms with E-state index < -0.39 is 17.1 Å². The van der Waals surface area contributed by atoms with Gasteiger partial charge in [-0.15, -0.1) is 0 Å². The maximum Gasteiger partial charge on any atom is 0.174 e. The van der Waals surface area contributed by atoms with Gasteiger partial charge in [0, 0.05) is 38.0 Å². The number of ether oxygens (including phenoxy) is 3. The minimum absolute atomic E-state index is 0.147. The second-order valence-electron chi connectivity index (χ2n) is 12.2. The third-order valence-corrected chi connectivity index (χ3v) is 10.3. The van der Waals surface area contributed by atoms with E-state index in [1.54, 1.807) is 6.07 Å². The molecule has 0 aromatic heterocycles. The van der Waals surface area contributed by atoms with Gasteiger partial charge in [0.05, 0.1) is 19.0 Å². The Morgan fingerprint density at radius 2 is 2.03 bits per heavy atom. The molecule has 3 unspecified atom stereocenters. The van der Waals surface area contributed by atoms with Gasteiger partial charge in [-0.25, -0.2) is 0 Å². The summed E-state index contributed by atoms with van der Waals surface area (Å²) in [5, 5.41) is 10.8. The predicted octanol–water partition coefficient (Wildman–Crippen LogP) is 4.10. The van der Waals surface area contributed by atoms with Crippen LogP contribution >= 0.6 is 0 Å². The van der Waals surface area contributed by atoms with Gasteiger partial charge < -0.3 is 23.8 Å².